The topological polar surface area (TPSA) is 77.3 Å². The molecular weight excluding hydrogens is 376 g/mol. The lowest BCUT2D eigenvalue weighted by molar-refractivity contribution is 0.237. The molecule has 2 saturated carbocycles. The van der Waals surface area contributed by atoms with Gasteiger partial charge in [-0.25, -0.2) is 9.52 Å². The molecule has 0 spiro atoms. The molecule has 1 aromatic heterocycles. The SMILES string of the molecule is CC1NCC1n1c(=O)c2cc(OSNC3(C)CC3)ccc2n(CC2CC2)c1=O. The zero-order valence-corrected chi connectivity index (χ0v) is 17.1. The summed E-state index contributed by atoms with van der Waals surface area (Å²) in [5.74, 6) is 1.16. The highest BCUT2D eigenvalue weighted by Gasteiger charge is 2.37. The summed E-state index contributed by atoms with van der Waals surface area (Å²) in [6.45, 7) is 5.50. The van der Waals surface area contributed by atoms with Crippen LogP contribution in [0.4, 0.5) is 0 Å². The van der Waals surface area contributed by atoms with E-state index in [0.717, 1.165) is 25.7 Å². The summed E-state index contributed by atoms with van der Waals surface area (Å²) in [5.41, 5.74) is 0.460. The Morgan fingerprint density at radius 3 is 2.71 bits per heavy atom. The van der Waals surface area contributed by atoms with Crippen LogP contribution in [-0.2, 0) is 6.54 Å². The Bertz CT molecular complexity index is 1040. The molecule has 2 N–H and O–H groups in total. The minimum absolute atomic E-state index is 0.0923. The highest BCUT2D eigenvalue weighted by Crippen LogP contribution is 2.36. The predicted octanol–water partition coefficient (Wildman–Crippen LogP) is 2.19. The third-order valence-corrected chi connectivity index (χ3v) is 7.12. The maximum Gasteiger partial charge on any atom is 0.331 e. The molecule has 0 radical (unpaired) electrons. The van der Waals surface area contributed by atoms with Gasteiger partial charge in [-0.1, -0.05) is 0 Å². The number of hydrogen-bond acceptors (Lipinski definition) is 6. The summed E-state index contributed by atoms with van der Waals surface area (Å²) in [6, 6.07) is 5.49. The van der Waals surface area contributed by atoms with Gasteiger partial charge in [-0.05, 0) is 63.6 Å². The van der Waals surface area contributed by atoms with Gasteiger partial charge in [-0.15, -0.1) is 0 Å². The Hall–Kier alpha value is -1.77. The minimum atomic E-state index is -0.219. The van der Waals surface area contributed by atoms with Crippen LogP contribution in [0.2, 0.25) is 0 Å². The molecule has 1 aliphatic heterocycles. The zero-order valence-electron chi connectivity index (χ0n) is 16.2. The van der Waals surface area contributed by atoms with Crippen LogP contribution >= 0.6 is 12.2 Å². The Balaban J connectivity index is 1.54. The lowest BCUT2D eigenvalue weighted by Gasteiger charge is -2.36. The van der Waals surface area contributed by atoms with E-state index in [1.807, 2.05) is 19.1 Å². The number of nitrogens with zero attached hydrogens (tertiary/aromatic N) is 2. The maximum atomic E-state index is 13.2. The van der Waals surface area contributed by atoms with Gasteiger partial charge in [0.05, 0.1) is 16.9 Å². The molecule has 3 aliphatic rings. The second kappa shape index (κ2) is 6.64. The van der Waals surface area contributed by atoms with Crippen LogP contribution in [0, 0.1) is 5.92 Å². The maximum absolute atomic E-state index is 13.2. The predicted molar refractivity (Wildman–Crippen MR) is 111 cm³/mol. The molecule has 2 aliphatic carbocycles. The first-order valence-corrected chi connectivity index (χ1v) is 10.8. The van der Waals surface area contributed by atoms with Crippen molar-refractivity contribution in [3.8, 4) is 5.75 Å². The van der Waals surface area contributed by atoms with Gasteiger partial charge in [0.15, 0.2) is 0 Å². The molecule has 0 amide bonds. The largest absolute Gasteiger partial charge is 0.410 e. The molecule has 1 saturated heterocycles. The number of rotatable bonds is 7. The Labute approximate surface area is 167 Å². The molecule has 2 aromatic rings. The number of nitrogens with one attached hydrogen (secondary N) is 2. The number of aromatic nitrogens is 2. The van der Waals surface area contributed by atoms with Gasteiger partial charge in [-0.3, -0.25) is 13.9 Å². The fourth-order valence-electron chi connectivity index (χ4n) is 3.68. The second-order valence-electron chi connectivity index (χ2n) is 8.78. The first kappa shape index (κ1) is 18.3. The van der Waals surface area contributed by atoms with Crippen LogP contribution in [0.25, 0.3) is 10.9 Å². The van der Waals surface area contributed by atoms with Crippen molar-refractivity contribution in [1.82, 2.24) is 19.2 Å². The standard InChI is InChI=1S/C20H26N4O3S/c1-12-17(10-21-12)24-18(25)15-9-14(27-28-22-20(2)7-8-20)5-6-16(15)23(19(24)26)11-13-3-4-13/h5-6,9,12-13,17,21-22H,3-4,7-8,10-11H2,1-2H3. The Morgan fingerprint density at radius 2 is 2.11 bits per heavy atom. The highest BCUT2D eigenvalue weighted by molar-refractivity contribution is 7.93. The fraction of sp³-hybridized carbons (Fsp3) is 0.600. The van der Waals surface area contributed by atoms with Gasteiger partial charge in [0.25, 0.3) is 5.56 Å². The Kier molecular flexibility index (Phi) is 4.33. The van der Waals surface area contributed by atoms with Crippen LogP contribution in [0.3, 0.4) is 0 Å². The molecule has 150 valence electrons. The molecule has 3 fully saturated rings. The molecule has 2 atom stereocenters. The van der Waals surface area contributed by atoms with Crippen molar-refractivity contribution < 1.29 is 4.18 Å². The van der Waals surface area contributed by atoms with E-state index < -0.39 is 0 Å². The summed E-state index contributed by atoms with van der Waals surface area (Å²) in [4.78, 5) is 26.4. The van der Waals surface area contributed by atoms with Crippen LogP contribution in [0.1, 0.15) is 45.6 Å². The molecule has 0 bridgehead atoms. The van der Waals surface area contributed by atoms with E-state index in [9.17, 15) is 9.59 Å². The summed E-state index contributed by atoms with van der Waals surface area (Å²) >= 11 is 1.21. The summed E-state index contributed by atoms with van der Waals surface area (Å²) < 4.78 is 12.3. The quantitative estimate of drug-likeness (QED) is 0.546. The number of hydrogen-bond donors (Lipinski definition) is 2. The van der Waals surface area contributed by atoms with Gasteiger partial charge < -0.3 is 9.50 Å². The van der Waals surface area contributed by atoms with Gasteiger partial charge >= 0.3 is 5.69 Å². The number of fused-ring (bicyclic) bond motifs is 1. The monoisotopic (exact) mass is 402 g/mol. The van der Waals surface area contributed by atoms with Gasteiger partial charge in [0, 0.05) is 24.7 Å². The van der Waals surface area contributed by atoms with E-state index in [-0.39, 0.29) is 28.9 Å². The molecule has 1 aromatic carbocycles. The van der Waals surface area contributed by atoms with Crippen molar-refractivity contribution in [3.05, 3.63) is 39.0 Å². The van der Waals surface area contributed by atoms with Crippen LogP contribution in [0.15, 0.2) is 27.8 Å². The smallest absolute Gasteiger partial charge is 0.331 e. The van der Waals surface area contributed by atoms with Crippen molar-refractivity contribution in [3.63, 3.8) is 0 Å². The van der Waals surface area contributed by atoms with Gasteiger partial charge in [0.1, 0.15) is 18.0 Å². The first-order valence-electron chi connectivity index (χ1n) is 10.1. The van der Waals surface area contributed by atoms with Crippen LogP contribution in [-0.4, -0.2) is 27.3 Å². The lowest BCUT2D eigenvalue weighted by Crippen LogP contribution is -2.58. The zero-order chi connectivity index (χ0) is 19.5. The summed E-state index contributed by atoms with van der Waals surface area (Å²) in [6.07, 6.45) is 4.59. The van der Waals surface area contributed by atoms with Crippen LogP contribution < -0.4 is 25.5 Å². The second-order valence-corrected chi connectivity index (χ2v) is 9.32. The molecule has 2 unspecified atom stereocenters. The van der Waals surface area contributed by atoms with E-state index in [0.29, 0.717) is 35.7 Å². The van der Waals surface area contributed by atoms with Gasteiger partial charge in [-0.2, -0.15) is 0 Å². The summed E-state index contributed by atoms with van der Waals surface area (Å²) in [5, 5.41) is 3.80. The lowest BCUT2D eigenvalue weighted by atomic mass is 10.0. The molecular formula is C20H26N4O3S. The highest BCUT2D eigenvalue weighted by atomic mass is 32.2. The van der Waals surface area contributed by atoms with E-state index >= 15 is 0 Å². The fourth-order valence-corrected chi connectivity index (χ4v) is 4.33. The average Bonchev–Trinajstić information content (AvgIpc) is 3.60. The van der Waals surface area contributed by atoms with Crippen molar-refractivity contribution in [2.45, 2.75) is 63.7 Å². The molecule has 2 heterocycles. The van der Waals surface area contributed by atoms with Crippen molar-refractivity contribution >= 4 is 23.1 Å². The van der Waals surface area contributed by atoms with Gasteiger partial charge in [0.2, 0.25) is 0 Å². The molecule has 28 heavy (non-hydrogen) atoms. The van der Waals surface area contributed by atoms with Crippen molar-refractivity contribution in [2.75, 3.05) is 6.54 Å². The van der Waals surface area contributed by atoms with E-state index in [1.54, 1.807) is 10.6 Å². The third-order valence-electron chi connectivity index (χ3n) is 6.27. The van der Waals surface area contributed by atoms with E-state index in [2.05, 4.69) is 17.0 Å². The van der Waals surface area contributed by atoms with E-state index in [1.165, 1.54) is 16.8 Å². The third kappa shape index (κ3) is 3.27. The molecule has 7 nitrogen and oxygen atoms in total. The van der Waals surface area contributed by atoms with Crippen LogP contribution in [0.5, 0.6) is 5.75 Å². The number of benzene rings is 1. The molecule has 8 heteroatoms. The molecule has 5 rings (SSSR count). The summed E-state index contributed by atoms with van der Waals surface area (Å²) in [7, 11) is 0. The normalized spacial score (nSPS) is 25.5. The van der Waals surface area contributed by atoms with Crippen molar-refractivity contribution in [2.24, 2.45) is 5.92 Å². The first-order chi connectivity index (χ1) is 13.5. The Morgan fingerprint density at radius 1 is 1.32 bits per heavy atom. The average molecular weight is 403 g/mol. The minimum Gasteiger partial charge on any atom is -0.410 e. The van der Waals surface area contributed by atoms with E-state index in [4.69, 9.17) is 4.18 Å². The van der Waals surface area contributed by atoms with Crippen molar-refractivity contribution in [1.29, 1.82) is 0 Å².